The van der Waals surface area contributed by atoms with Crippen molar-refractivity contribution < 1.29 is 13.9 Å². The van der Waals surface area contributed by atoms with Gasteiger partial charge < -0.3 is 10.1 Å². The summed E-state index contributed by atoms with van der Waals surface area (Å²) in [5, 5.41) is 2.89. The predicted molar refractivity (Wildman–Crippen MR) is 76.5 cm³/mol. The average Bonchev–Trinajstić information content (AvgIpc) is 2.94. The molecule has 1 fully saturated rings. The quantitative estimate of drug-likeness (QED) is 0.895. The maximum absolute atomic E-state index is 13.8. The zero-order valence-electron chi connectivity index (χ0n) is 12.2. The van der Waals surface area contributed by atoms with E-state index in [1.807, 2.05) is 0 Å². The van der Waals surface area contributed by atoms with Crippen LogP contribution in [0.1, 0.15) is 49.4 Å². The molecule has 0 bridgehead atoms. The summed E-state index contributed by atoms with van der Waals surface area (Å²) in [5.41, 5.74) is 0.286. The van der Waals surface area contributed by atoms with Gasteiger partial charge in [0, 0.05) is 12.6 Å². The molecule has 1 N–H and O–H groups in total. The fourth-order valence-electron chi connectivity index (χ4n) is 2.95. The summed E-state index contributed by atoms with van der Waals surface area (Å²) in [6, 6.07) is 4.31. The van der Waals surface area contributed by atoms with Crippen molar-refractivity contribution in [1.29, 1.82) is 0 Å². The molecule has 2 rings (SSSR count). The Labute approximate surface area is 119 Å². The summed E-state index contributed by atoms with van der Waals surface area (Å²) < 4.78 is 18.8. The first-order valence-corrected chi connectivity index (χ1v) is 7.22. The summed E-state index contributed by atoms with van der Waals surface area (Å²) in [7, 11) is 1.47. The predicted octanol–water partition coefficient (Wildman–Crippen LogP) is 3.53. The molecule has 3 nitrogen and oxygen atoms in total. The smallest absolute Gasteiger partial charge is 0.254 e. The van der Waals surface area contributed by atoms with Crippen LogP contribution in [-0.4, -0.2) is 19.6 Å². The number of carbonyl (C=O) groups is 1. The third kappa shape index (κ3) is 3.11. The van der Waals surface area contributed by atoms with Gasteiger partial charge in [0.25, 0.3) is 5.91 Å². The van der Waals surface area contributed by atoms with Crippen molar-refractivity contribution in [3.05, 3.63) is 29.6 Å². The molecule has 1 aromatic carbocycles. The molecule has 1 amide bonds. The van der Waals surface area contributed by atoms with Crippen molar-refractivity contribution in [3.8, 4) is 5.75 Å². The van der Waals surface area contributed by atoms with Crippen molar-refractivity contribution in [3.63, 3.8) is 0 Å². The Morgan fingerprint density at radius 2 is 2.10 bits per heavy atom. The van der Waals surface area contributed by atoms with Crippen molar-refractivity contribution in [2.24, 2.45) is 5.41 Å². The molecule has 0 aliphatic heterocycles. The van der Waals surface area contributed by atoms with E-state index < -0.39 is 5.82 Å². The molecule has 0 unspecified atom stereocenters. The van der Waals surface area contributed by atoms with E-state index in [9.17, 15) is 9.18 Å². The van der Waals surface area contributed by atoms with Gasteiger partial charge in [-0.25, -0.2) is 4.39 Å². The highest BCUT2D eigenvalue weighted by atomic mass is 19.1. The molecule has 110 valence electrons. The first-order chi connectivity index (χ1) is 9.60. The molecule has 0 heterocycles. The van der Waals surface area contributed by atoms with Gasteiger partial charge in [-0.2, -0.15) is 0 Å². The highest BCUT2D eigenvalue weighted by Gasteiger charge is 2.32. The summed E-state index contributed by atoms with van der Waals surface area (Å²) in [5.74, 6) is -0.469. The zero-order valence-corrected chi connectivity index (χ0v) is 12.2. The Kier molecular flexibility index (Phi) is 4.63. The number of halogens is 1. The van der Waals surface area contributed by atoms with Gasteiger partial charge in [-0.1, -0.05) is 19.8 Å². The highest BCUT2D eigenvalue weighted by molar-refractivity contribution is 5.94. The van der Waals surface area contributed by atoms with Crippen LogP contribution in [0.5, 0.6) is 5.75 Å². The molecule has 1 aromatic rings. The summed E-state index contributed by atoms with van der Waals surface area (Å²) in [4.78, 5) is 12.1. The van der Waals surface area contributed by atoms with Gasteiger partial charge in [0.2, 0.25) is 0 Å². The number of rotatable bonds is 5. The lowest BCUT2D eigenvalue weighted by atomic mass is 9.83. The molecule has 1 saturated carbocycles. The second-order valence-electron chi connectivity index (χ2n) is 5.59. The van der Waals surface area contributed by atoms with E-state index in [2.05, 4.69) is 12.2 Å². The normalized spacial score (nSPS) is 16.9. The lowest BCUT2D eigenvalue weighted by Crippen LogP contribution is -2.36. The molecule has 0 radical (unpaired) electrons. The van der Waals surface area contributed by atoms with E-state index >= 15 is 0 Å². The van der Waals surface area contributed by atoms with Gasteiger partial charge in [0.05, 0.1) is 12.7 Å². The van der Waals surface area contributed by atoms with Crippen LogP contribution in [0.2, 0.25) is 0 Å². The second-order valence-corrected chi connectivity index (χ2v) is 5.59. The van der Waals surface area contributed by atoms with Crippen LogP contribution in [-0.2, 0) is 0 Å². The number of benzene rings is 1. The van der Waals surface area contributed by atoms with Gasteiger partial charge in [-0.3, -0.25) is 4.79 Å². The van der Waals surface area contributed by atoms with E-state index in [-0.39, 0.29) is 16.9 Å². The molecular formula is C16H22FNO2. The maximum Gasteiger partial charge on any atom is 0.254 e. The fraction of sp³-hybridized carbons (Fsp3) is 0.562. The van der Waals surface area contributed by atoms with E-state index in [0.717, 1.165) is 19.3 Å². The fourth-order valence-corrected chi connectivity index (χ4v) is 2.95. The molecule has 0 spiro atoms. The minimum absolute atomic E-state index is 0.0787. The molecule has 1 aliphatic rings. The molecule has 0 atom stereocenters. The zero-order chi connectivity index (χ0) is 14.6. The standard InChI is InChI=1S/C16H22FNO2/c1-3-16(8-4-5-9-16)11-18-15(19)13-7-6-12(20-2)10-14(13)17/h6-7,10H,3-5,8-9,11H2,1-2H3,(H,18,19). The average molecular weight is 279 g/mol. The third-order valence-corrected chi connectivity index (χ3v) is 4.46. The second kappa shape index (κ2) is 6.25. The SMILES string of the molecule is CCC1(CNC(=O)c2ccc(OC)cc2F)CCCC1. The number of amides is 1. The lowest BCUT2D eigenvalue weighted by molar-refractivity contribution is 0.0924. The Bertz CT molecular complexity index is 481. The number of carbonyl (C=O) groups excluding carboxylic acids is 1. The number of methoxy groups -OCH3 is 1. The molecule has 1 aliphatic carbocycles. The van der Waals surface area contributed by atoms with Crippen LogP contribution in [0.3, 0.4) is 0 Å². The van der Waals surface area contributed by atoms with Crippen LogP contribution in [0.4, 0.5) is 4.39 Å². The Hall–Kier alpha value is -1.58. The number of hydrogen-bond acceptors (Lipinski definition) is 2. The monoisotopic (exact) mass is 279 g/mol. The van der Waals surface area contributed by atoms with Gasteiger partial charge in [0.15, 0.2) is 0 Å². The Morgan fingerprint density at radius 3 is 2.65 bits per heavy atom. The Morgan fingerprint density at radius 1 is 1.40 bits per heavy atom. The van der Waals surface area contributed by atoms with Crippen LogP contribution < -0.4 is 10.1 Å². The number of nitrogens with one attached hydrogen (secondary N) is 1. The summed E-state index contributed by atoms with van der Waals surface area (Å²) in [6.45, 7) is 2.79. The topological polar surface area (TPSA) is 38.3 Å². The van der Waals surface area contributed by atoms with Gasteiger partial charge in [-0.15, -0.1) is 0 Å². The minimum Gasteiger partial charge on any atom is -0.497 e. The van der Waals surface area contributed by atoms with Crippen molar-refractivity contribution >= 4 is 5.91 Å². The largest absolute Gasteiger partial charge is 0.497 e. The summed E-state index contributed by atoms with van der Waals surface area (Å²) >= 11 is 0. The van der Waals surface area contributed by atoms with Gasteiger partial charge >= 0.3 is 0 Å². The van der Waals surface area contributed by atoms with E-state index in [0.29, 0.717) is 12.3 Å². The maximum atomic E-state index is 13.8. The molecular weight excluding hydrogens is 257 g/mol. The van der Waals surface area contributed by atoms with Crippen LogP contribution in [0, 0.1) is 11.2 Å². The van der Waals surface area contributed by atoms with Crippen LogP contribution >= 0.6 is 0 Å². The van der Waals surface area contributed by atoms with E-state index in [1.165, 1.54) is 32.1 Å². The molecule has 4 heteroatoms. The first-order valence-electron chi connectivity index (χ1n) is 7.22. The van der Waals surface area contributed by atoms with E-state index in [4.69, 9.17) is 4.74 Å². The molecule has 0 aromatic heterocycles. The molecule has 0 saturated heterocycles. The lowest BCUT2D eigenvalue weighted by Gasteiger charge is -2.27. The van der Waals surface area contributed by atoms with Crippen LogP contribution in [0.15, 0.2) is 18.2 Å². The van der Waals surface area contributed by atoms with Crippen LogP contribution in [0.25, 0.3) is 0 Å². The first kappa shape index (κ1) is 14.8. The number of ether oxygens (including phenoxy) is 1. The van der Waals surface area contributed by atoms with Crippen molar-refractivity contribution in [2.45, 2.75) is 39.0 Å². The third-order valence-electron chi connectivity index (χ3n) is 4.46. The minimum atomic E-state index is -0.543. The highest BCUT2D eigenvalue weighted by Crippen LogP contribution is 2.40. The van der Waals surface area contributed by atoms with Crippen molar-refractivity contribution in [2.75, 3.05) is 13.7 Å². The Balaban J connectivity index is 2.01. The van der Waals surface area contributed by atoms with Crippen molar-refractivity contribution in [1.82, 2.24) is 5.32 Å². The molecule has 20 heavy (non-hydrogen) atoms. The summed E-state index contributed by atoms with van der Waals surface area (Å²) in [6.07, 6.45) is 5.79. The van der Waals surface area contributed by atoms with Gasteiger partial charge in [0.1, 0.15) is 11.6 Å². The van der Waals surface area contributed by atoms with Gasteiger partial charge in [-0.05, 0) is 36.8 Å². The van der Waals surface area contributed by atoms with E-state index in [1.54, 1.807) is 6.07 Å². The number of hydrogen-bond donors (Lipinski definition) is 1.